The number of amides is 2. The Hall–Kier alpha value is -1.15. The van der Waals surface area contributed by atoms with Crippen molar-refractivity contribution in [3.63, 3.8) is 0 Å². The Morgan fingerprint density at radius 3 is 3.06 bits per heavy atom. The number of rotatable bonds is 4. The number of hydrogen-bond acceptors (Lipinski definition) is 3. The molecule has 0 aromatic heterocycles. The minimum absolute atomic E-state index is 0.00726. The minimum atomic E-state index is -0.410. The number of nitrogens with one attached hydrogen (secondary N) is 1. The lowest BCUT2D eigenvalue weighted by atomic mass is 10.3. The van der Waals surface area contributed by atoms with Crippen LogP contribution in [-0.4, -0.2) is 47.4 Å². The van der Waals surface area contributed by atoms with Gasteiger partial charge in [-0.15, -0.1) is 18.2 Å². The normalized spacial score (nSPS) is 21.2. The standard InChI is InChI=1S/C11H16N2O2S/c1-3-7-16-8-6-13-5-4-10(14)12-9(2)11(13)15/h1,9H,4-8H2,2H3,(H,12,14). The van der Waals surface area contributed by atoms with E-state index < -0.39 is 6.04 Å². The predicted molar refractivity (Wildman–Crippen MR) is 65.0 cm³/mol. The summed E-state index contributed by atoms with van der Waals surface area (Å²) >= 11 is 1.62. The van der Waals surface area contributed by atoms with E-state index in [1.807, 2.05) is 0 Å². The average Bonchev–Trinajstić information content (AvgIpc) is 2.37. The second-order valence-electron chi connectivity index (χ2n) is 3.62. The highest BCUT2D eigenvalue weighted by Crippen LogP contribution is 2.06. The van der Waals surface area contributed by atoms with Gasteiger partial charge in [0.25, 0.3) is 0 Å². The van der Waals surface area contributed by atoms with E-state index in [1.165, 1.54) is 0 Å². The Kier molecular flexibility index (Phi) is 5.20. The summed E-state index contributed by atoms with van der Waals surface area (Å²) in [4.78, 5) is 24.8. The van der Waals surface area contributed by atoms with Crippen LogP contribution in [0.1, 0.15) is 13.3 Å². The second kappa shape index (κ2) is 6.44. The number of carbonyl (C=O) groups excluding carboxylic acids is 2. The van der Waals surface area contributed by atoms with Crippen LogP contribution >= 0.6 is 11.8 Å². The molecule has 1 saturated heterocycles. The van der Waals surface area contributed by atoms with Crippen LogP contribution in [0.2, 0.25) is 0 Å². The van der Waals surface area contributed by atoms with Gasteiger partial charge in [0.2, 0.25) is 11.8 Å². The first-order valence-electron chi connectivity index (χ1n) is 5.24. The first-order valence-corrected chi connectivity index (χ1v) is 6.40. The monoisotopic (exact) mass is 240 g/mol. The second-order valence-corrected chi connectivity index (χ2v) is 4.73. The van der Waals surface area contributed by atoms with Crippen LogP contribution in [-0.2, 0) is 9.59 Å². The lowest BCUT2D eigenvalue weighted by Gasteiger charge is -2.21. The summed E-state index contributed by atoms with van der Waals surface area (Å²) in [6, 6.07) is -0.410. The van der Waals surface area contributed by atoms with Crippen molar-refractivity contribution in [2.75, 3.05) is 24.6 Å². The zero-order valence-electron chi connectivity index (χ0n) is 9.36. The van der Waals surface area contributed by atoms with E-state index in [4.69, 9.17) is 6.42 Å². The van der Waals surface area contributed by atoms with Gasteiger partial charge < -0.3 is 10.2 Å². The quantitative estimate of drug-likeness (QED) is 0.559. The third kappa shape index (κ3) is 3.78. The number of nitrogens with zero attached hydrogens (tertiary/aromatic N) is 1. The number of carbonyl (C=O) groups is 2. The molecule has 1 unspecified atom stereocenters. The Morgan fingerprint density at radius 2 is 2.38 bits per heavy atom. The van der Waals surface area contributed by atoms with Crippen molar-refractivity contribution in [2.45, 2.75) is 19.4 Å². The van der Waals surface area contributed by atoms with Gasteiger partial charge in [0, 0.05) is 25.3 Å². The average molecular weight is 240 g/mol. The van der Waals surface area contributed by atoms with Gasteiger partial charge in [-0.3, -0.25) is 9.59 Å². The van der Waals surface area contributed by atoms with Crippen LogP contribution in [0.3, 0.4) is 0 Å². The van der Waals surface area contributed by atoms with E-state index in [1.54, 1.807) is 23.6 Å². The molecule has 0 aromatic carbocycles. The molecular weight excluding hydrogens is 224 g/mol. The first kappa shape index (κ1) is 12.9. The number of hydrogen-bond donors (Lipinski definition) is 1. The van der Waals surface area contributed by atoms with Gasteiger partial charge in [-0.2, -0.15) is 0 Å². The van der Waals surface area contributed by atoms with Gasteiger partial charge in [-0.25, -0.2) is 0 Å². The summed E-state index contributed by atoms with van der Waals surface area (Å²) in [5, 5.41) is 2.65. The fourth-order valence-corrected chi connectivity index (χ4v) is 2.14. The van der Waals surface area contributed by atoms with Crippen LogP contribution in [0.4, 0.5) is 0 Å². The van der Waals surface area contributed by atoms with Crippen LogP contribution in [0.15, 0.2) is 0 Å². The van der Waals surface area contributed by atoms with Gasteiger partial charge in [0.15, 0.2) is 0 Å². The molecule has 0 radical (unpaired) electrons. The van der Waals surface area contributed by atoms with Crippen molar-refractivity contribution < 1.29 is 9.59 Å². The lowest BCUT2D eigenvalue weighted by Crippen LogP contribution is -2.43. The molecule has 1 fully saturated rings. The topological polar surface area (TPSA) is 49.4 Å². The summed E-state index contributed by atoms with van der Waals surface area (Å²) in [6.45, 7) is 2.88. The van der Waals surface area contributed by atoms with Gasteiger partial charge in [0.05, 0.1) is 5.75 Å². The van der Waals surface area contributed by atoms with Gasteiger partial charge in [0.1, 0.15) is 6.04 Å². The summed E-state index contributed by atoms with van der Waals surface area (Å²) < 4.78 is 0. The SMILES string of the molecule is C#CCSCCN1CCC(=O)NC(C)C1=O. The first-order chi connectivity index (χ1) is 7.65. The molecule has 5 heteroatoms. The molecule has 0 aromatic rings. The van der Waals surface area contributed by atoms with Crippen molar-refractivity contribution in [1.29, 1.82) is 0 Å². The van der Waals surface area contributed by atoms with E-state index >= 15 is 0 Å². The smallest absolute Gasteiger partial charge is 0.244 e. The molecule has 1 aliphatic rings. The molecule has 2 amide bonds. The highest BCUT2D eigenvalue weighted by Gasteiger charge is 2.25. The molecule has 4 nitrogen and oxygen atoms in total. The third-order valence-corrected chi connectivity index (χ3v) is 3.20. The summed E-state index contributed by atoms with van der Waals surface area (Å²) in [5.74, 6) is 3.95. The van der Waals surface area contributed by atoms with Crippen molar-refractivity contribution in [3.8, 4) is 12.3 Å². The van der Waals surface area contributed by atoms with Crippen molar-refractivity contribution in [3.05, 3.63) is 0 Å². The summed E-state index contributed by atoms with van der Waals surface area (Å²) in [6.07, 6.45) is 5.52. The van der Waals surface area contributed by atoms with Gasteiger partial charge in [-0.1, -0.05) is 5.92 Å². The molecule has 16 heavy (non-hydrogen) atoms. The van der Waals surface area contributed by atoms with Gasteiger partial charge >= 0.3 is 0 Å². The Balaban J connectivity index is 2.42. The number of thioether (sulfide) groups is 1. The molecule has 0 spiro atoms. The fraction of sp³-hybridized carbons (Fsp3) is 0.636. The zero-order valence-corrected chi connectivity index (χ0v) is 10.2. The predicted octanol–water partition coefficient (Wildman–Crippen LogP) is 0.0898. The Morgan fingerprint density at radius 1 is 1.62 bits per heavy atom. The van der Waals surface area contributed by atoms with Crippen molar-refractivity contribution in [1.82, 2.24) is 10.2 Å². The van der Waals surface area contributed by atoms with Crippen molar-refractivity contribution >= 4 is 23.6 Å². The molecule has 1 rings (SSSR count). The molecule has 1 heterocycles. The highest BCUT2D eigenvalue weighted by atomic mass is 32.2. The highest BCUT2D eigenvalue weighted by molar-refractivity contribution is 7.99. The maximum Gasteiger partial charge on any atom is 0.244 e. The maximum absolute atomic E-state index is 11.8. The van der Waals surface area contributed by atoms with E-state index in [0.29, 0.717) is 25.3 Å². The van der Waals surface area contributed by atoms with Gasteiger partial charge in [-0.05, 0) is 6.92 Å². The largest absolute Gasteiger partial charge is 0.345 e. The molecule has 0 saturated carbocycles. The maximum atomic E-state index is 11.8. The van der Waals surface area contributed by atoms with E-state index in [0.717, 1.165) is 5.75 Å². The molecule has 0 bridgehead atoms. The van der Waals surface area contributed by atoms with E-state index in [-0.39, 0.29) is 11.8 Å². The number of terminal acetylenes is 1. The molecule has 1 aliphatic heterocycles. The molecular formula is C11H16N2O2S. The van der Waals surface area contributed by atoms with E-state index in [9.17, 15) is 9.59 Å². The molecule has 88 valence electrons. The molecule has 1 N–H and O–H groups in total. The fourth-order valence-electron chi connectivity index (χ4n) is 1.52. The van der Waals surface area contributed by atoms with Crippen LogP contribution in [0.25, 0.3) is 0 Å². The molecule has 1 atom stereocenters. The Bertz CT molecular complexity index is 312. The van der Waals surface area contributed by atoms with Crippen molar-refractivity contribution in [2.24, 2.45) is 0 Å². The van der Waals surface area contributed by atoms with E-state index in [2.05, 4.69) is 11.2 Å². The minimum Gasteiger partial charge on any atom is -0.345 e. The lowest BCUT2D eigenvalue weighted by molar-refractivity contribution is -0.132. The van der Waals surface area contributed by atoms with Crippen LogP contribution in [0, 0.1) is 12.3 Å². The Labute approximate surface area is 100 Å². The molecule has 0 aliphatic carbocycles. The van der Waals surface area contributed by atoms with Crippen LogP contribution < -0.4 is 5.32 Å². The zero-order chi connectivity index (χ0) is 12.0. The third-order valence-electron chi connectivity index (χ3n) is 2.36. The van der Waals surface area contributed by atoms with Crippen LogP contribution in [0.5, 0.6) is 0 Å². The summed E-state index contributed by atoms with van der Waals surface area (Å²) in [5.41, 5.74) is 0. The summed E-state index contributed by atoms with van der Waals surface area (Å²) in [7, 11) is 0.